The minimum atomic E-state index is -0.326. The van der Waals surface area contributed by atoms with Gasteiger partial charge in [-0.25, -0.2) is 0 Å². The lowest BCUT2D eigenvalue weighted by molar-refractivity contribution is 0.112. The highest BCUT2D eigenvalue weighted by Gasteiger charge is 2.26. The summed E-state index contributed by atoms with van der Waals surface area (Å²) in [7, 11) is 0. The molecule has 1 aromatic rings. The second-order valence-electron chi connectivity index (χ2n) is 3.64. The molecule has 1 fully saturated rings. The second-order valence-corrected chi connectivity index (χ2v) is 4.79. The Bertz CT molecular complexity index is 294. The van der Waals surface area contributed by atoms with E-state index in [0.29, 0.717) is 5.92 Å². The van der Waals surface area contributed by atoms with Gasteiger partial charge in [-0.1, -0.05) is 0 Å². The monoisotopic (exact) mass is 212 g/mol. The van der Waals surface area contributed by atoms with Crippen LogP contribution in [0.3, 0.4) is 0 Å². The van der Waals surface area contributed by atoms with Gasteiger partial charge in [0.25, 0.3) is 0 Å². The maximum atomic E-state index is 10.1. The molecule has 1 aromatic heterocycles. The fourth-order valence-corrected chi connectivity index (χ4v) is 3.19. The average molecular weight is 212 g/mol. The summed E-state index contributed by atoms with van der Waals surface area (Å²) in [5.74, 6) is 2.68. The Morgan fingerprint density at radius 1 is 1.79 bits per heavy atom. The van der Waals surface area contributed by atoms with Gasteiger partial charge in [-0.15, -0.1) is 0 Å². The van der Waals surface area contributed by atoms with E-state index in [9.17, 15) is 5.11 Å². The third kappa shape index (κ3) is 1.81. The van der Waals surface area contributed by atoms with E-state index in [2.05, 4.69) is 5.10 Å². The summed E-state index contributed by atoms with van der Waals surface area (Å²) < 4.78 is 1.88. The highest BCUT2D eigenvalue weighted by atomic mass is 32.2. The van der Waals surface area contributed by atoms with Crippen LogP contribution in [-0.4, -0.2) is 26.4 Å². The molecule has 78 valence electrons. The van der Waals surface area contributed by atoms with Crippen molar-refractivity contribution in [2.45, 2.75) is 26.0 Å². The highest BCUT2D eigenvalue weighted by Crippen LogP contribution is 2.33. The predicted octanol–water partition coefficient (Wildman–Crippen LogP) is 1.69. The van der Waals surface area contributed by atoms with Crippen molar-refractivity contribution in [3.05, 3.63) is 18.0 Å². The smallest absolute Gasteiger partial charge is 0.0992 e. The van der Waals surface area contributed by atoms with E-state index < -0.39 is 0 Å². The fourth-order valence-electron chi connectivity index (χ4n) is 1.90. The fraction of sp³-hybridized carbons (Fsp3) is 0.700. The molecule has 0 bridgehead atoms. The predicted molar refractivity (Wildman–Crippen MR) is 58.3 cm³/mol. The first-order chi connectivity index (χ1) is 6.83. The van der Waals surface area contributed by atoms with E-state index in [0.717, 1.165) is 24.4 Å². The molecule has 4 heteroatoms. The Kier molecular flexibility index (Phi) is 3.13. The summed E-state index contributed by atoms with van der Waals surface area (Å²) in [4.78, 5) is 0. The minimum Gasteiger partial charge on any atom is -0.386 e. The molecule has 3 nitrogen and oxygen atoms in total. The summed E-state index contributed by atoms with van der Waals surface area (Å²) in [6.45, 7) is 2.88. The largest absolute Gasteiger partial charge is 0.386 e. The highest BCUT2D eigenvalue weighted by molar-refractivity contribution is 7.99. The van der Waals surface area contributed by atoms with Crippen LogP contribution in [0.15, 0.2) is 12.3 Å². The average Bonchev–Trinajstić information content (AvgIpc) is 2.87. The van der Waals surface area contributed by atoms with Gasteiger partial charge >= 0.3 is 0 Å². The van der Waals surface area contributed by atoms with Gasteiger partial charge in [-0.3, -0.25) is 4.68 Å². The van der Waals surface area contributed by atoms with Gasteiger partial charge in [0.2, 0.25) is 0 Å². The molecule has 2 unspecified atom stereocenters. The van der Waals surface area contributed by atoms with E-state index in [-0.39, 0.29) is 6.10 Å². The van der Waals surface area contributed by atoms with Crippen molar-refractivity contribution < 1.29 is 5.11 Å². The number of nitrogens with zero attached hydrogens (tertiary/aromatic N) is 2. The summed E-state index contributed by atoms with van der Waals surface area (Å²) in [6.07, 6.45) is 2.57. The lowest BCUT2D eigenvalue weighted by Crippen LogP contribution is -2.16. The molecule has 0 aliphatic carbocycles. The molecule has 1 aliphatic rings. The van der Waals surface area contributed by atoms with Crippen molar-refractivity contribution >= 4 is 11.8 Å². The topological polar surface area (TPSA) is 38.0 Å². The zero-order valence-electron chi connectivity index (χ0n) is 8.39. The summed E-state index contributed by atoms with van der Waals surface area (Å²) >= 11 is 1.93. The molecule has 0 aromatic carbocycles. The standard InChI is InChI=1S/C10H16N2OS/c1-2-12-9(3-5-11-12)10(13)8-4-6-14-7-8/h3,5,8,10,13H,2,4,6-7H2,1H3. The number of aliphatic hydroxyl groups is 1. The summed E-state index contributed by atoms with van der Waals surface area (Å²) in [6, 6.07) is 1.93. The SMILES string of the molecule is CCn1nccc1C(O)C1CCSC1. The molecular formula is C10H16N2OS. The Balaban J connectivity index is 2.12. The van der Waals surface area contributed by atoms with Crippen LogP contribution in [0, 0.1) is 5.92 Å². The Hall–Kier alpha value is -0.480. The molecule has 1 N–H and O–H groups in total. The number of rotatable bonds is 3. The summed E-state index contributed by atoms with van der Waals surface area (Å²) in [5.41, 5.74) is 0.972. The lowest BCUT2D eigenvalue weighted by atomic mass is 9.99. The zero-order valence-corrected chi connectivity index (χ0v) is 9.20. The van der Waals surface area contributed by atoms with E-state index in [1.54, 1.807) is 6.20 Å². The minimum absolute atomic E-state index is 0.326. The van der Waals surface area contributed by atoms with Gasteiger partial charge in [0, 0.05) is 18.7 Å². The maximum absolute atomic E-state index is 10.1. The molecule has 0 radical (unpaired) electrons. The number of aromatic nitrogens is 2. The number of thioether (sulfide) groups is 1. The molecule has 1 aliphatic heterocycles. The molecule has 0 saturated carbocycles. The quantitative estimate of drug-likeness (QED) is 0.828. The van der Waals surface area contributed by atoms with Crippen molar-refractivity contribution in [1.29, 1.82) is 0 Å². The second kappa shape index (κ2) is 4.36. The van der Waals surface area contributed by atoms with Crippen LogP contribution in [0.1, 0.15) is 25.1 Å². The van der Waals surface area contributed by atoms with Gasteiger partial charge in [-0.2, -0.15) is 16.9 Å². The normalized spacial score (nSPS) is 24.0. The lowest BCUT2D eigenvalue weighted by Gasteiger charge is -2.17. The van der Waals surface area contributed by atoms with Crippen LogP contribution in [0.2, 0.25) is 0 Å². The number of hydrogen-bond acceptors (Lipinski definition) is 3. The van der Waals surface area contributed by atoms with Crippen LogP contribution in [0.25, 0.3) is 0 Å². The van der Waals surface area contributed by atoms with Gasteiger partial charge in [0.15, 0.2) is 0 Å². The molecule has 1 saturated heterocycles. The van der Waals surface area contributed by atoms with Gasteiger partial charge in [0.05, 0.1) is 11.8 Å². The van der Waals surface area contributed by atoms with Crippen molar-refractivity contribution in [2.24, 2.45) is 5.92 Å². The van der Waals surface area contributed by atoms with Crippen LogP contribution in [0.5, 0.6) is 0 Å². The van der Waals surface area contributed by atoms with Gasteiger partial charge < -0.3 is 5.11 Å². The first-order valence-electron chi connectivity index (χ1n) is 5.10. The first kappa shape index (κ1) is 10.1. The van der Waals surface area contributed by atoms with Gasteiger partial charge in [0.1, 0.15) is 0 Å². The van der Waals surface area contributed by atoms with Crippen molar-refractivity contribution in [3.63, 3.8) is 0 Å². The zero-order chi connectivity index (χ0) is 9.97. The molecule has 0 amide bonds. The van der Waals surface area contributed by atoms with Crippen LogP contribution < -0.4 is 0 Å². The van der Waals surface area contributed by atoms with E-state index in [1.807, 2.05) is 29.4 Å². The Labute approximate surface area is 88.5 Å². The molecule has 2 heterocycles. The van der Waals surface area contributed by atoms with Crippen molar-refractivity contribution in [2.75, 3.05) is 11.5 Å². The molecule has 0 spiro atoms. The van der Waals surface area contributed by atoms with Crippen molar-refractivity contribution in [1.82, 2.24) is 9.78 Å². The number of aliphatic hydroxyl groups excluding tert-OH is 1. The van der Waals surface area contributed by atoms with Gasteiger partial charge in [-0.05, 0) is 30.9 Å². The molecule has 2 atom stereocenters. The van der Waals surface area contributed by atoms with Crippen LogP contribution in [-0.2, 0) is 6.54 Å². The third-order valence-electron chi connectivity index (χ3n) is 2.76. The van der Waals surface area contributed by atoms with E-state index in [1.165, 1.54) is 5.75 Å². The van der Waals surface area contributed by atoms with E-state index in [4.69, 9.17) is 0 Å². The van der Waals surface area contributed by atoms with E-state index >= 15 is 0 Å². The van der Waals surface area contributed by atoms with Crippen LogP contribution >= 0.6 is 11.8 Å². The Morgan fingerprint density at radius 3 is 3.29 bits per heavy atom. The van der Waals surface area contributed by atoms with Crippen LogP contribution in [0.4, 0.5) is 0 Å². The maximum Gasteiger partial charge on any atom is 0.0992 e. The molecular weight excluding hydrogens is 196 g/mol. The first-order valence-corrected chi connectivity index (χ1v) is 6.26. The molecule has 14 heavy (non-hydrogen) atoms. The Morgan fingerprint density at radius 2 is 2.64 bits per heavy atom. The number of aryl methyl sites for hydroxylation is 1. The number of hydrogen-bond donors (Lipinski definition) is 1. The summed E-state index contributed by atoms with van der Waals surface area (Å²) in [5, 5.41) is 14.3. The third-order valence-corrected chi connectivity index (χ3v) is 3.95. The van der Waals surface area contributed by atoms with Crippen molar-refractivity contribution in [3.8, 4) is 0 Å². The molecule has 2 rings (SSSR count).